The number of carbonyl (C=O) groups excluding carboxylic acids is 1. The van der Waals surface area contributed by atoms with Gasteiger partial charge in [0.05, 0.1) is 0 Å². The first-order valence-electron chi connectivity index (χ1n) is 6.45. The van der Waals surface area contributed by atoms with Crippen molar-refractivity contribution in [2.75, 3.05) is 5.32 Å². The van der Waals surface area contributed by atoms with Gasteiger partial charge >= 0.3 is 0 Å². The third-order valence-electron chi connectivity index (χ3n) is 3.57. The quantitative estimate of drug-likeness (QED) is 0.850. The largest absolute Gasteiger partial charge is 0.322 e. The van der Waals surface area contributed by atoms with Crippen molar-refractivity contribution in [3.05, 3.63) is 65.3 Å². The number of hydrogen-bond donors (Lipinski definition) is 1. The number of allylic oxidation sites excluding steroid dienone is 3. The zero-order valence-electron chi connectivity index (χ0n) is 11.7. The van der Waals surface area contributed by atoms with Crippen LogP contribution in [0.15, 0.2) is 54.2 Å². The highest BCUT2D eigenvalue weighted by molar-refractivity contribution is 6.07. The standard InChI is InChI=1S/C17H19NO/c1-11-8-9-15(10-13(11)3)18-17(19)16-7-5-6-12(2)14(16)4/h5-10,12H,4H2,1-3H3,(H,18,19). The van der Waals surface area contributed by atoms with Crippen LogP contribution in [0.5, 0.6) is 0 Å². The number of hydrogen-bond acceptors (Lipinski definition) is 1. The topological polar surface area (TPSA) is 29.1 Å². The van der Waals surface area contributed by atoms with E-state index in [9.17, 15) is 4.79 Å². The van der Waals surface area contributed by atoms with Gasteiger partial charge in [0.25, 0.3) is 5.91 Å². The summed E-state index contributed by atoms with van der Waals surface area (Å²) in [4.78, 5) is 12.2. The van der Waals surface area contributed by atoms with Gasteiger partial charge in [-0.05, 0) is 54.7 Å². The van der Waals surface area contributed by atoms with Gasteiger partial charge in [0, 0.05) is 11.3 Å². The molecule has 19 heavy (non-hydrogen) atoms. The van der Waals surface area contributed by atoms with Crippen LogP contribution in [0.2, 0.25) is 0 Å². The summed E-state index contributed by atoms with van der Waals surface area (Å²) in [5.74, 6) is 0.120. The average molecular weight is 253 g/mol. The third kappa shape index (κ3) is 2.84. The fraction of sp³-hybridized carbons (Fsp3) is 0.235. The molecule has 0 bridgehead atoms. The molecule has 98 valence electrons. The Morgan fingerprint density at radius 3 is 2.68 bits per heavy atom. The van der Waals surface area contributed by atoms with Crippen molar-refractivity contribution in [2.24, 2.45) is 5.92 Å². The number of benzene rings is 1. The lowest BCUT2D eigenvalue weighted by atomic mass is 9.90. The number of amides is 1. The van der Waals surface area contributed by atoms with E-state index < -0.39 is 0 Å². The van der Waals surface area contributed by atoms with E-state index in [0.29, 0.717) is 5.57 Å². The normalized spacial score (nSPS) is 18.2. The molecule has 2 rings (SSSR count). The number of nitrogens with one attached hydrogen (secondary N) is 1. The molecule has 1 atom stereocenters. The van der Waals surface area contributed by atoms with Crippen molar-refractivity contribution in [1.29, 1.82) is 0 Å². The second-order valence-electron chi connectivity index (χ2n) is 5.03. The zero-order valence-corrected chi connectivity index (χ0v) is 11.7. The summed E-state index contributed by atoms with van der Waals surface area (Å²) in [6.45, 7) is 10.1. The highest BCUT2D eigenvalue weighted by Gasteiger charge is 2.18. The Bertz CT molecular complexity index is 593. The summed E-state index contributed by atoms with van der Waals surface area (Å²) >= 11 is 0. The Labute approximate surface area is 114 Å². The van der Waals surface area contributed by atoms with Crippen LogP contribution in [0.4, 0.5) is 5.69 Å². The van der Waals surface area contributed by atoms with E-state index in [2.05, 4.69) is 18.8 Å². The van der Waals surface area contributed by atoms with Gasteiger partial charge in [-0.15, -0.1) is 0 Å². The lowest BCUT2D eigenvalue weighted by molar-refractivity contribution is -0.112. The summed E-state index contributed by atoms with van der Waals surface area (Å²) in [5, 5.41) is 2.93. The van der Waals surface area contributed by atoms with Crippen LogP contribution in [0.25, 0.3) is 0 Å². The molecule has 2 nitrogen and oxygen atoms in total. The van der Waals surface area contributed by atoms with Gasteiger partial charge in [-0.3, -0.25) is 4.79 Å². The monoisotopic (exact) mass is 253 g/mol. The van der Waals surface area contributed by atoms with Crippen LogP contribution < -0.4 is 5.32 Å². The molecule has 1 amide bonds. The van der Waals surface area contributed by atoms with Crippen molar-refractivity contribution >= 4 is 11.6 Å². The number of anilines is 1. The number of aryl methyl sites for hydroxylation is 2. The minimum absolute atomic E-state index is 0.0931. The molecule has 0 saturated heterocycles. The fourth-order valence-electron chi connectivity index (χ4n) is 2.03. The molecule has 0 heterocycles. The lowest BCUT2D eigenvalue weighted by Gasteiger charge is -2.18. The molecule has 0 saturated carbocycles. The van der Waals surface area contributed by atoms with Gasteiger partial charge in [-0.2, -0.15) is 0 Å². The van der Waals surface area contributed by atoms with Crippen molar-refractivity contribution in [3.63, 3.8) is 0 Å². The van der Waals surface area contributed by atoms with Crippen LogP contribution in [0, 0.1) is 19.8 Å². The molecule has 2 heteroatoms. The molecule has 0 aliphatic heterocycles. The van der Waals surface area contributed by atoms with E-state index in [-0.39, 0.29) is 11.8 Å². The molecule has 0 fully saturated rings. The molecule has 1 aromatic carbocycles. The molecule has 1 aromatic rings. The molecule has 1 unspecified atom stereocenters. The SMILES string of the molecule is C=C1C(C(=O)Nc2ccc(C)c(C)c2)=CC=CC1C. The van der Waals surface area contributed by atoms with E-state index in [1.54, 1.807) is 0 Å². The molecule has 0 spiro atoms. The lowest BCUT2D eigenvalue weighted by Crippen LogP contribution is -2.18. The highest BCUT2D eigenvalue weighted by Crippen LogP contribution is 2.25. The van der Waals surface area contributed by atoms with Crippen molar-refractivity contribution in [1.82, 2.24) is 0 Å². The Balaban J connectivity index is 2.17. The average Bonchev–Trinajstić information content (AvgIpc) is 2.37. The summed E-state index contributed by atoms with van der Waals surface area (Å²) in [5.41, 5.74) is 4.74. The van der Waals surface area contributed by atoms with Crippen LogP contribution in [0.1, 0.15) is 18.1 Å². The summed E-state index contributed by atoms with van der Waals surface area (Å²) in [6.07, 6.45) is 5.77. The van der Waals surface area contributed by atoms with Gasteiger partial charge in [0.2, 0.25) is 0 Å². The highest BCUT2D eigenvalue weighted by atomic mass is 16.1. The Hall–Kier alpha value is -2.09. The first-order valence-corrected chi connectivity index (χ1v) is 6.45. The molecule has 0 aromatic heterocycles. The minimum atomic E-state index is -0.0931. The van der Waals surface area contributed by atoms with Gasteiger partial charge in [0.15, 0.2) is 0 Å². The maximum absolute atomic E-state index is 12.2. The van der Waals surface area contributed by atoms with Gasteiger partial charge in [0.1, 0.15) is 0 Å². The molecular formula is C17H19NO. The van der Waals surface area contributed by atoms with E-state index in [1.807, 2.05) is 50.3 Å². The van der Waals surface area contributed by atoms with E-state index in [4.69, 9.17) is 0 Å². The van der Waals surface area contributed by atoms with Crippen LogP contribution >= 0.6 is 0 Å². The Kier molecular flexibility index (Phi) is 3.70. The molecule has 1 aliphatic rings. The van der Waals surface area contributed by atoms with Crippen molar-refractivity contribution < 1.29 is 4.79 Å². The second kappa shape index (κ2) is 5.27. The maximum atomic E-state index is 12.2. The van der Waals surface area contributed by atoms with Gasteiger partial charge in [-0.25, -0.2) is 0 Å². The number of carbonyl (C=O) groups is 1. The predicted molar refractivity (Wildman–Crippen MR) is 80.1 cm³/mol. The van der Waals surface area contributed by atoms with E-state index >= 15 is 0 Å². The van der Waals surface area contributed by atoms with Crippen LogP contribution in [-0.2, 0) is 4.79 Å². The van der Waals surface area contributed by atoms with E-state index in [0.717, 1.165) is 11.3 Å². The van der Waals surface area contributed by atoms with Gasteiger partial charge < -0.3 is 5.32 Å². The Morgan fingerprint density at radius 1 is 1.26 bits per heavy atom. The Morgan fingerprint density at radius 2 is 2.00 bits per heavy atom. The molecule has 1 N–H and O–H groups in total. The van der Waals surface area contributed by atoms with Crippen molar-refractivity contribution in [3.8, 4) is 0 Å². The number of rotatable bonds is 2. The first-order chi connectivity index (χ1) is 8.99. The van der Waals surface area contributed by atoms with Gasteiger partial charge in [-0.1, -0.05) is 31.7 Å². The van der Waals surface area contributed by atoms with Crippen LogP contribution in [0.3, 0.4) is 0 Å². The first kappa shape index (κ1) is 13.3. The second-order valence-corrected chi connectivity index (χ2v) is 5.03. The minimum Gasteiger partial charge on any atom is -0.322 e. The predicted octanol–water partition coefficient (Wildman–Crippen LogP) is 3.93. The molecule has 1 aliphatic carbocycles. The summed E-state index contributed by atoms with van der Waals surface area (Å²) in [7, 11) is 0. The smallest absolute Gasteiger partial charge is 0.255 e. The molecular weight excluding hydrogens is 234 g/mol. The summed E-state index contributed by atoms with van der Waals surface area (Å²) in [6, 6.07) is 5.92. The van der Waals surface area contributed by atoms with Crippen LogP contribution in [-0.4, -0.2) is 5.91 Å². The van der Waals surface area contributed by atoms with Crippen molar-refractivity contribution in [2.45, 2.75) is 20.8 Å². The van der Waals surface area contributed by atoms with E-state index in [1.165, 1.54) is 11.1 Å². The fourth-order valence-corrected chi connectivity index (χ4v) is 2.03. The zero-order chi connectivity index (χ0) is 14.0. The summed E-state index contributed by atoms with van der Waals surface area (Å²) < 4.78 is 0. The maximum Gasteiger partial charge on any atom is 0.255 e. The molecule has 0 radical (unpaired) electrons. The third-order valence-corrected chi connectivity index (χ3v) is 3.57.